The topological polar surface area (TPSA) is 61.4 Å². The third-order valence-corrected chi connectivity index (χ3v) is 3.20. The molecule has 1 rings (SSSR count). The molecule has 1 heterocycles. The van der Waals surface area contributed by atoms with Crippen LogP contribution in [-0.4, -0.2) is 36.2 Å². The zero-order valence-electron chi connectivity index (χ0n) is 10.7. The first-order valence-corrected chi connectivity index (χ1v) is 6.29. The number of halogens is 1. The molecule has 3 N–H and O–H groups in total. The van der Waals surface area contributed by atoms with E-state index in [1.165, 1.54) is 0 Å². The number of hydrogen-bond donors (Lipinski definition) is 3. The van der Waals surface area contributed by atoms with Crippen molar-refractivity contribution < 1.29 is 9.90 Å². The van der Waals surface area contributed by atoms with E-state index in [0.29, 0.717) is 12.3 Å². The maximum Gasteiger partial charge on any atom is 0.237 e. The summed E-state index contributed by atoms with van der Waals surface area (Å²) in [5.41, 5.74) is 0. The van der Waals surface area contributed by atoms with E-state index in [-0.39, 0.29) is 37.0 Å². The number of aliphatic hydroxyl groups excluding tert-OH is 1. The van der Waals surface area contributed by atoms with Crippen LogP contribution >= 0.6 is 12.4 Å². The monoisotopic (exact) mass is 264 g/mol. The predicted octanol–water partition coefficient (Wildman–Crippen LogP) is 1.07. The molecule has 5 heteroatoms. The van der Waals surface area contributed by atoms with Crippen LogP contribution in [0.2, 0.25) is 0 Å². The van der Waals surface area contributed by atoms with Crippen molar-refractivity contribution >= 4 is 18.3 Å². The molecule has 0 saturated carbocycles. The smallest absolute Gasteiger partial charge is 0.237 e. The first-order chi connectivity index (χ1) is 7.65. The molecule has 0 aliphatic carbocycles. The lowest BCUT2D eigenvalue weighted by Gasteiger charge is -2.27. The predicted molar refractivity (Wildman–Crippen MR) is 71.4 cm³/mol. The number of hydrogen-bond acceptors (Lipinski definition) is 3. The molecule has 0 aromatic heterocycles. The first kappa shape index (κ1) is 16.7. The highest BCUT2D eigenvalue weighted by Gasteiger charge is 2.23. The fourth-order valence-corrected chi connectivity index (χ4v) is 2.07. The van der Waals surface area contributed by atoms with E-state index < -0.39 is 0 Å². The van der Waals surface area contributed by atoms with Crippen molar-refractivity contribution in [2.75, 3.05) is 13.2 Å². The van der Waals surface area contributed by atoms with Crippen LogP contribution in [0.5, 0.6) is 0 Å². The fraction of sp³-hybridized carbons (Fsp3) is 0.917. The Morgan fingerprint density at radius 1 is 1.47 bits per heavy atom. The molecule has 1 unspecified atom stereocenters. The maximum absolute atomic E-state index is 11.9. The summed E-state index contributed by atoms with van der Waals surface area (Å²) in [6.45, 7) is 5.19. The molecule has 0 aromatic carbocycles. The van der Waals surface area contributed by atoms with E-state index in [4.69, 9.17) is 5.11 Å². The lowest BCUT2D eigenvalue weighted by molar-refractivity contribution is -0.124. The summed E-state index contributed by atoms with van der Waals surface area (Å²) in [4.78, 5) is 11.9. The molecule has 0 spiro atoms. The van der Waals surface area contributed by atoms with Gasteiger partial charge >= 0.3 is 0 Å². The maximum atomic E-state index is 11.9. The normalized spacial score (nSPS) is 21.8. The summed E-state index contributed by atoms with van der Waals surface area (Å²) in [5, 5.41) is 15.2. The van der Waals surface area contributed by atoms with Crippen molar-refractivity contribution in [3.05, 3.63) is 0 Å². The summed E-state index contributed by atoms with van der Waals surface area (Å²) in [6, 6.07) is 0.0509. The number of carbonyl (C=O) groups excluding carboxylic acids is 1. The zero-order chi connectivity index (χ0) is 12.0. The average molecular weight is 265 g/mol. The van der Waals surface area contributed by atoms with E-state index in [1.54, 1.807) is 0 Å². The second-order valence-corrected chi connectivity index (χ2v) is 4.87. The summed E-state index contributed by atoms with van der Waals surface area (Å²) >= 11 is 0. The van der Waals surface area contributed by atoms with Crippen LogP contribution in [0.1, 0.15) is 39.5 Å². The number of amides is 1. The minimum absolute atomic E-state index is 0. The Morgan fingerprint density at radius 3 is 2.65 bits per heavy atom. The number of rotatable bonds is 5. The molecule has 1 saturated heterocycles. The van der Waals surface area contributed by atoms with Gasteiger partial charge in [-0.05, 0) is 31.7 Å². The van der Waals surface area contributed by atoms with Crippen LogP contribution in [0.3, 0.4) is 0 Å². The number of nitrogens with one attached hydrogen (secondary N) is 2. The van der Waals surface area contributed by atoms with E-state index in [2.05, 4.69) is 24.5 Å². The van der Waals surface area contributed by atoms with Gasteiger partial charge in [0, 0.05) is 12.6 Å². The highest BCUT2D eigenvalue weighted by atomic mass is 35.5. The standard InChI is InChI=1S/C12H24N2O2.ClH/c1-9(2)10(6-8-15)14-12(16)11-5-3-4-7-13-11;/h9-11,13,15H,3-8H2,1-2H3,(H,14,16);1H/t10?,11-;/m1./s1. The van der Waals surface area contributed by atoms with Gasteiger partial charge in [-0.25, -0.2) is 0 Å². The highest BCUT2D eigenvalue weighted by molar-refractivity contribution is 5.85. The molecule has 17 heavy (non-hydrogen) atoms. The molecule has 0 aromatic rings. The summed E-state index contributed by atoms with van der Waals surface area (Å²) in [7, 11) is 0. The van der Waals surface area contributed by atoms with Crippen molar-refractivity contribution in [2.45, 2.75) is 51.6 Å². The molecule has 4 nitrogen and oxygen atoms in total. The van der Waals surface area contributed by atoms with Gasteiger partial charge in [0.2, 0.25) is 5.91 Å². The number of aliphatic hydroxyl groups is 1. The van der Waals surface area contributed by atoms with Crippen LogP contribution in [0.15, 0.2) is 0 Å². The van der Waals surface area contributed by atoms with Gasteiger partial charge < -0.3 is 15.7 Å². The Labute approximate surface area is 110 Å². The van der Waals surface area contributed by atoms with Crippen molar-refractivity contribution in [2.24, 2.45) is 5.92 Å². The second-order valence-electron chi connectivity index (χ2n) is 4.87. The summed E-state index contributed by atoms with van der Waals surface area (Å²) < 4.78 is 0. The average Bonchev–Trinajstić information content (AvgIpc) is 2.29. The molecule has 0 bridgehead atoms. The van der Waals surface area contributed by atoms with Crippen LogP contribution in [0.25, 0.3) is 0 Å². The highest BCUT2D eigenvalue weighted by Crippen LogP contribution is 2.10. The van der Waals surface area contributed by atoms with Gasteiger partial charge in [0.1, 0.15) is 0 Å². The van der Waals surface area contributed by atoms with Gasteiger partial charge in [0.25, 0.3) is 0 Å². The number of piperidine rings is 1. The van der Waals surface area contributed by atoms with Gasteiger partial charge in [0.05, 0.1) is 6.04 Å². The SMILES string of the molecule is CC(C)C(CCO)NC(=O)[C@H]1CCCCN1.Cl. The van der Waals surface area contributed by atoms with Gasteiger partial charge in [-0.2, -0.15) is 0 Å². The Balaban J connectivity index is 0.00000256. The third-order valence-electron chi connectivity index (χ3n) is 3.20. The van der Waals surface area contributed by atoms with Gasteiger partial charge in [-0.3, -0.25) is 4.79 Å². The van der Waals surface area contributed by atoms with Crippen molar-refractivity contribution in [1.82, 2.24) is 10.6 Å². The Kier molecular flexibility index (Phi) is 8.56. The van der Waals surface area contributed by atoms with Crippen LogP contribution in [0, 0.1) is 5.92 Å². The molecule has 0 radical (unpaired) electrons. The van der Waals surface area contributed by atoms with Crippen molar-refractivity contribution in [1.29, 1.82) is 0 Å². The van der Waals surface area contributed by atoms with Crippen molar-refractivity contribution in [3.8, 4) is 0 Å². The second kappa shape index (κ2) is 8.72. The minimum Gasteiger partial charge on any atom is -0.396 e. The molecule has 1 aliphatic heterocycles. The fourth-order valence-electron chi connectivity index (χ4n) is 2.07. The Morgan fingerprint density at radius 2 is 2.18 bits per heavy atom. The van der Waals surface area contributed by atoms with E-state index in [1.807, 2.05) is 0 Å². The molecular weight excluding hydrogens is 240 g/mol. The third kappa shape index (κ3) is 5.70. The zero-order valence-corrected chi connectivity index (χ0v) is 11.6. The molecular formula is C12H25ClN2O2. The minimum atomic E-state index is -0.0336. The first-order valence-electron chi connectivity index (χ1n) is 6.29. The lowest BCUT2D eigenvalue weighted by atomic mass is 9.99. The Bertz CT molecular complexity index is 219. The van der Waals surface area contributed by atoms with E-state index >= 15 is 0 Å². The Hall–Kier alpha value is -0.320. The molecule has 1 fully saturated rings. The largest absolute Gasteiger partial charge is 0.396 e. The van der Waals surface area contributed by atoms with Crippen LogP contribution in [0.4, 0.5) is 0 Å². The molecule has 1 aliphatic rings. The summed E-state index contributed by atoms with van der Waals surface area (Å²) in [6.07, 6.45) is 3.84. The molecule has 102 valence electrons. The van der Waals surface area contributed by atoms with E-state index in [0.717, 1.165) is 25.8 Å². The van der Waals surface area contributed by atoms with E-state index in [9.17, 15) is 4.79 Å². The quantitative estimate of drug-likeness (QED) is 0.696. The van der Waals surface area contributed by atoms with Crippen LogP contribution < -0.4 is 10.6 Å². The van der Waals surface area contributed by atoms with Gasteiger partial charge in [-0.15, -0.1) is 12.4 Å². The molecule has 1 amide bonds. The summed E-state index contributed by atoms with van der Waals surface area (Å²) in [5.74, 6) is 0.451. The van der Waals surface area contributed by atoms with Gasteiger partial charge in [-0.1, -0.05) is 20.3 Å². The van der Waals surface area contributed by atoms with Gasteiger partial charge in [0.15, 0.2) is 0 Å². The lowest BCUT2D eigenvalue weighted by Crippen LogP contribution is -2.51. The van der Waals surface area contributed by atoms with Crippen LogP contribution in [-0.2, 0) is 4.79 Å². The number of carbonyl (C=O) groups is 1. The van der Waals surface area contributed by atoms with Crippen molar-refractivity contribution in [3.63, 3.8) is 0 Å². The molecule has 2 atom stereocenters.